The Labute approximate surface area is 98.6 Å². The molecule has 88 valence electrons. The summed E-state index contributed by atoms with van der Waals surface area (Å²) in [5, 5.41) is 8.54. The van der Waals surface area contributed by atoms with E-state index in [1.807, 2.05) is 0 Å². The van der Waals surface area contributed by atoms with Crippen LogP contribution in [0.15, 0.2) is 24.3 Å². The van der Waals surface area contributed by atoms with Gasteiger partial charge in [0.25, 0.3) is 0 Å². The molecule has 3 N–H and O–H groups in total. The third-order valence-electron chi connectivity index (χ3n) is 1.92. The van der Waals surface area contributed by atoms with Gasteiger partial charge in [-0.15, -0.1) is 12.4 Å². The highest BCUT2D eigenvalue weighted by atomic mass is 35.5. The van der Waals surface area contributed by atoms with Gasteiger partial charge in [0, 0.05) is 5.56 Å². The first-order valence-electron chi connectivity index (χ1n) is 4.23. The second-order valence-electron chi connectivity index (χ2n) is 2.91. The van der Waals surface area contributed by atoms with Crippen molar-refractivity contribution in [2.45, 2.75) is 6.04 Å². The molecule has 0 heterocycles. The minimum absolute atomic E-state index is 0. The molecule has 0 spiro atoms. The summed E-state index contributed by atoms with van der Waals surface area (Å²) in [6.07, 6.45) is 0. The number of ether oxygens (including phenoxy) is 1. The third-order valence-corrected chi connectivity index (χ3v) is 1.92. The molecule has 0 amide bonds. The predicted molar refractivity (Wildman–Crippen MR) is 60.2 cm³/mol. The third kappa shape index (κ3) is 3.22. The number of benzene rings is 1. The molecule has 1 aromatic rings. The molecule has 0 radical (unpaired) electrons. The Morgan fingerprint density at radius 1 is 1.31 bits per heavy atom. The van der Waals surface area contributed by atoms with Crippen molar-refractivity contribution in [1.29, 1.82) is 0 Å². The summed E-state index contributed by atoms with van der Waals surface area (Å²) in [4.78, 5) is 21.9. The van der Waals surface area contributed by atoms with E-state index in [0.717, 1.165) is 0 Å². The normalized spacial score (nSPS) is 11.1. The number of carbonyl (C=O) groups excluding carboxylic acids is 1. The summed E-state index contributed by atoms with van der Waals surface area (Å²) >= 11 is 0. The van der Waals surface area contributed by atoms with E-state index in [1.165, 1.54) is 19.2 Å². The van der Waals surface area contributed by atoms with Crippen LogP contribution in [0.3, 0.4) is 0 Å². The van der Waals surface area contributed by atoms with Crippen LogP contribution in [0.1, 0.15) is 10.4 Å². The second-order valence-corrected chi connectivity index (χ2v) is 2.91. The molecular weight excluding hydrogens is 234 g/mol. The minimum atomic E-state index is -1.52. The fraction of sp³-hybridized carbons (Fsp3) is 0.200. The first kappa shape index (κ1) is 14.4. The number of aliphatic carboxylic acids is 1. The molecule has 1 aromatic carbocycles. The van der Waals surface area contributed by atoms with E-state index in [-0.39, 0.29) is 18.0 Å². The van der Waals surface area contributed by atoms with Crippen molar-refractivity contribution < 1.29 is 19.4 Å². The quantitative estimate of drug-likeness (QED) is 0.602. The Kier molecular flexibility index (Phi) is 5.49. The summed E-state index contributed by atoms with van der Waals surface area (Å²) in [7, 11) is 1.50. The number of ketones is 1. The van der Waals surface area contributed by atoms with Gasteiger partial charge in [0.05, 0.1) is 7.11 Å². The lowest BCUT2D eigenvalue weighted by molar-refractivity contribution is -0.137. The lowest BCUT2D eigenvalue weighted by Gasteiger charge is -2.05. The van der Waals surface area contributed by atoms with E-state index in [2.05, 4.69) is 0 Å². The molecule has 0 aliphatic rings. The molecule has 5 nitrogen and oxygen atoms in total. The van der Waals surface area contributed by atoms with Gasteiger partial charge in [0.15, 0.2) is 11.8 Å². The molecule has 0 aliphatic carbocycles. The Balaban J connectivity index is 0.00000225. The van der Waals surface area contributed by atoms with Crippen LogP contribution in [0.5, 0.6) is 5.75 Å². The van der Waals surface area contributed by atoms with Gasteiger partial charge in [-0.1, -0.05) is 0 Å². The Morgan fingerprint density at radius 3 is 2.19 bits per heavy atom. The van der Waals surface area contributed by atoms with Crippen LogP contribution in [0, 0.1) is 0 Å². The molecule has 0 bridgehead atoms. The summed E-state index contributed by atoms with van der Waals surface area (Å²) < 4.78 is 4.90. The molecule has 0 saturated carbocycles. The molecule has 0 saturated heterocycles. The van der Waals surface area contributed by atoms with Gasteiger partial charge in [-0.3, -0.25) is 9.59 Å². The van der Waals surface area contributed by atoms with Crippen molar-refractivity contribution in [2.75, 3.05) is 7.11 Å². The number of halogens is 1. The molecule has 1 rings (SSSR count). The predicted octanol–water partition coefficient (Wildman–Crippen LogP) is 0.712. The lowest BCUT2D eigenvalue weighted by atomic mass is 10.1. The number of carboxylic acids is 1. The van der Waals surface area contributed by atoms with Crippen molar-refractivity contribution >= 4 is 24.2 Å². The van der Waals surface area contributed by atoms with E-state index in [1.54, 1.807) is 12.1 Å². The van der Waals surface area contributed by atoms with Gasteiger partial charge in [0.2, 0.25) is 0 Å². The maximum atomic E-state index is 11.4. The van der Waals surface area contributed by atoms with E-state index < -0.39 is 17.8 Å². The number of methoxy groups -OCH3 is 1. The van der Waals surface area contributed by atoms with Crippen LogP contribution >= 0.6 is 12.4 Å². The average molecular weight is 246 g/mol. The SMILES string of the molecule is COc1ccc(C(=O)C(N)C(=O)O)cc1.Cl. The van der Waals surface area contributed by atoms with Gasteiger partial charge in [-0.05, 0) is 24.3 Å². The number of carboxylic acid groups (broad SMARTS) is 1. The van der Waals surface area contributed by atoms with Gasteiger partial charge >= 0.3 is 5.97 Å². The van der Waals surface area contributed by atoms with E-state index >= 15 is 0 Å². The van der Waals surface area contributed by atoms with Gasteiger partial charge in [0.1, 0.15) is 5.75 Å². The van der Waals surface area contributed by atoms with E-state index in [0.29, 0.717) is 5.75 Å². The van der Waals surface area contributed by atoms with Crippen LogP contribution in [-0.4, -0.2) is 30.0 Å². The van der Waals surface area contributed by atoms with Gasteiger partial charge < -0.3 is 15.6 Å². The number of hydrogen-bond acceptors (Lipinski definition) is 4. The van der Waals surface area contributed by atoms with Crippen molar-refractivity contribution in [3.8, 4) is 5.75 Å². The van der Waals surface area contributed by atoms with Gasteiger partial charge in [-0.2, -0.15) is 0 Å². The molecule has 1 atom stereocenters. The maximum absolute atomic E-state index is 11.4. The highest BCUT2D eigenvalue weighted by molar-refractivity contribution is 6.11. The smallest absolute Gasteiger partial charge is 0.328 e. The van der Waals surface area contributed by atoms with Crippen molar-refractivity contribution in [3.63, 3.8) is 0 Å². The minimum Gasteiger partial charge on any atom is -0.497 e. The van der Waals surface area contributed by atoms with Crippen LogP contribution < -0.4 is 10.5 Å². The Morgan fingerprint density at radius 2 is 1.81 bits per heavy atom. The molecule has 1 unspecified atom stereocenters. The fourth-order valence-electron chi connectivity index (χ4n) is 1.05. The van der Waals surface area contributed by atoms with Crippen LogP contribution in [0.4, 0.5) is 0 Å². The summed E-state index contributed by atoms with van der Waals surface area (Å²) in [6, 6.07) is 4.58. The molecule has 0 aromatic heterocycles. The number of Topliss-reactive ketones (excluding diaryl/α,β-unsaturated/α-hetero) is 1. The van der Waals surface area contributed by atoms with Crippen molar-refractivity contribution in [3.05, 3.63) is 29.8 Å². The van der Waals surface area contributed by atoms with E-state index in [4.69, 9.17) is 15.6 Å². The summed E-state index contributed by atoms with van der Waals surface area (Å²) in [6.45, 7) is 0. The van der Waals surface area contributed by atoms with Crippen LogP contribution in [-0.2, 0) is 4.79 Å². The average Bonchev–Trinajstić information content (AvgIpc) is 2.27. The summed E-state index contributed by atoms with van der Waals surface area (Å²) in [5.74, 6) is -1.36. The number of hydrogen-bond donors (Lipinski definition) is 2. The van der Waals surface area contributed by atoms with Crippen LogP contribution in [0.25, 0.3) is 0 Å². The Bertz CT molecular complexity index is 377. The number of carbonyl (C=O) groups is 2. The molecule has 0 fully saturated rings. The standard InChI is InChI=1S/C10H11NO4.ClH/c1-15-7-4-2-6(3-5-7)9(12)8(11)10(13)14;/h2-5,8H,11H2,1H3,(H,13,14);1H. The first-order chi connectivity index (χ1) is 7.06. The summed E-state index contributed by atoms with van der Waals surface area (Å²) in [5.41, 5.74) is 5.44. The Hall–Kier alpha value is -1.59. The zero-order valence-corrected chi connectivity index (χ0v) is 9.36. The zero-order chi connectivity index (χ0) is 11.4. The van der Waals surface area contributed by atoms with Crippen molar-refractivity contribution in [1.82, 2.24) is 0 Å². The topological polar surface area (TPSA) is 89.6 Å². The van der Waals surface area contributed by atoms with Gasteiger partial charge in [-0.25, -0.2) is 0 Å². The highest BCUT2D eigenvalue weighted by Gasteiger charge is 2.22. The lowest BCUT2D eigenvalue weighted by Crippen LogP contribution is -2.38. The molecule has 0 aliphatic heterocycles. The second kappa shape index (κ2) is 6.09. The zero-order valence-electron chi connectivity index (χ0n) is 8.54. The number of rotatable bonds is 4. The highest BCUT2D eigenvalue weighted by Crippen LogP contribution is 2.12. The van der Waals surface area contributed by atoms with Crippen molar-refractivity contribution in [2.24, 2.45) is 5.73 Å². The van der Waals surface area contributed by atoms with E-state index in [9.17, 15) is 9.59 Å². The fourth-order valence-corrected chi connectivity index (χ4v) is 1.05. The number of nitrogens with two attached hydrogens (primary N) is 1. The monoisotopic (exact) mass is 245 g/mol. The maximum Gasteiger partial charge on any atom is 0.328 e. The first-order valence-corrected chi connectivity index (χ1v) is 4.23. The largest absolute Gasteiger partial charge is 0.497 e. The van der Waals surface area contributed by atoms with Crippen LogP contribution in [0.2, 0.25) is 0 Å². The molecule has 6 heteroatoms. The molecule has 16 heavy (non-hydrogen) atoms. The molecular formula is C10H12ClNO4.